The van der Waals surface area contributed by atoms with Crippen LogP contribution < -0.4 is 5.32 Å². The Hall–Kier alpha value is -1.95. The van der Waals surface area contributed by atoms with Crippen molar-refractivity contribution in [1.29, 1.82) is 0 Å². The third-order valence-electron chi connectivity index (χ3n) is 3.14. The summed E-state index contributed by atoms with van der Waals surface area (Å²) < 4.78 is 20.8. The van der Waals surface area contributed by atoms with Crippen LogP contribution in [0.1, 0.15) is 12.8 Å². The number of nitrogens with one attached hydrogen (secondary N) is 1. The average molecular weight is 262 g/mol. The van der Waals surface area contributed by atoms with Crippen molar-refractivity contribution in [3.05, 3.63) is 36.7 Å². The highest BCUT2D eigenvalue weighted by Gasteiger charge is 2.14. The van der Waals surface area contributed by atoms with Crippen LogP contribution in [0.5, 0.6) is 0 Å². The SMILES string of the molecule is Fc1cc(NC2CCCOC2)ccc1-n1cncn1. The number of ether oxygens (including phenoxy) is 1. The highest BCUT2D eigenvalue weighted by molar-refractivity contribution is 5.50. The maximum atomic E-state index is 14.0. The molecule has 5 nitrogen and oxygen atoms in total. The van der Waals surface area contributed by atoms with E-state index in [9.17, 15) is 4.39 Å². The van der Waals surface area contributed by atoms with Gasteiger partial charge in [0.2, 0.25) is 0 Å². The Morgan fingerprint density at radius 3 is 3.05 bits per heavy atom. The number of hydrogen-bond donors (Lipinski definition) is 1. The molecule has 19 heavy (non-hydrogen) atoms. The number of nitrogens with zero attached hydrogens (tertiary/aromatic N) is 3. The van der Waals surface area contributed by atoms with Gasteiger partial charge in [-0.05, 0) is 31.0 Å². The van der Waals surface area contributed by atoms with E-state index in [-0.39, 0.29) is 11.9 Å². The summed E-state index contributed by atoms with van der Waals surface area (Å²) >= 11 is 0. The number of hydrogen-bond acceptors (Lipinski definition) is 4. The molecule has 1 aliphatic rings. The Kier molecular flexibility index (Phi) is 3.41. The lowest BCUT2D eigenvalue weighted by atomic mass is 10.1. The van der Waals surface area contributed by atoms with Gasteiger partial charge in [-0.25, -0.2) is 14.1 Å². The van der Waals surface area contributed by atoms with E-state index in [2.05, 4.69) is 15.4 Å². The average Bonchev–Trinajstić information content (AvgIpc) is 2.94. The first-order chi connectivity index (χ1) is 9.33. The van der Waals surface area contributed by atoms with E-state index in [1.807, 2.05) is 6.07 Å². The van der Waals surface area contributed by atoms with E-state index in [0.29, 0.717) is 12.3 Å². The fourth-order valence-electron chi connectivity index (χ4n) is 2.21. The quantitative estimate of drug-likeness (QED) is 0.919. The van der Waals surface area contributed by atoms with Gasteiger partial charge >= 0.3 is 0 Å². The number of benzene rings is 1. The van der Waals surface area contributed by atoms with Gasteiger partial charge in [-0.15, -0.1) is 0 Å². The molecular weight excluding hydrogens is 247 g/mol. The first-order valence-corrected chi connectivity index (χ1v) is 6.32. The molecule has 3 rings (SSSR count). The molecule has 1 aromatic carbocycles. The molecule has 1 aliphatic heterocycles. The zero-order chi connectivity index (χ0) is 13.1. The smallest absolute Gasteiger partial charge is 0.150 e. The lowest BCUT2D eigenvalue weighted by molar-refractivity contribution is 0.0876. The maximum absolute atomic E-state index is 14.0. The summed E-state index contributed by atoms with van der Waals surface area (Å²) in [4.78, 5) is 3.81. The van der Waals surface area contributed by atoms with Crippen molar-refractivity contribution in [2.45, 2.75) is 18.9 Å². The van der Waals surface area contributed by atoms with Crippen LogP contribution in [-0.2, 0) is 4.74 Å². The molecule has 0 aliphatic carbocycles. The van der Waals surface area contributed by atoms with Crippen molar-refractivity contribution in [1.82, 2.24) is 14.8 Å². The van der Waals surface area contributed by atoms with Crippen LogP contribution in [-0.4, -0.2) is 34.0 Å². The number of aromatic nitrogens is 3. The highest BCUT2D eigenvalue weighted by Crippen LogP contribution is 2.19. The standard InChI is InChI=1S/C13H15FN4O/c14-12-6-10(17-11-2-1-5-19-7-11)3-4-13(12)18-9-15-8-16-18/h3-4,6,8-9,11,17H,1-2,5,7H2. The van der Waals surface area contributed by atoms with Gasteiger partial charge in [0.05, 0.1) is 6.61 Å². The van der Waals surface area contributed by atoms with E-state index < -0.39 is 0 Å². The Labute approximate surface area is 110 Å². The Morgan fingerprint density at radius 2 is 2.37 bits per heavy atom. The molecule has 100 valence electrons. The number of halogens is 1. The zero-order valence-electron chi connectivity index (χ0n) is 10.4. The fraction of sp³-hybridized carbons (Fsp3) is 0.385. The highest BCUT2D eigenvalue weighted by atomic mass is 19.1. The molecule has 0 radical (unpaired) electrons. The van der Waals surface area contributed by atoms with Crippen molar-refractivity contribution in [2.75, 3.05) is 18.5 Å². The first-order valence-electron chi connectivity index (χ1n) is 6.32. The van der Waals surface area contributed by atoms with Gasteiger partial charge in [0, 0.05) is 18.3 Å². The summed E-state index contributed by atoms with van der Waals surface area (Å²) in [6.45, 7) is 1.49. The molecule has 0 bridgehead atoms. The van der Waals surface area contributed by atoms with Crippen LogP contribution in [0.4, 0.5) is 10.1 Å². The Balaban J connectivity index is 1.75. The van der Waals surface area contributed by atoms with Crippen LogP contribution in [0.3, 0.4) is 0 Å². The van der Waals surface area contributed by atoms with Crippen LogP contribution in [0.2, 0.25) is 0 Å². The molecule has 1 N–H and O–H groups in total. The summed E-state index contributed by atoms with van der Waals surface area (Å²) in [5.74, 6) is -0.327. The first kappa shape index (κ1) is 12.1. The third kappa shape index (κ3) is 2.73. The molecule has 1 unspecified atom stereocenters. The summed E-state index contributed by atoms with van der Waals surface area (Å²) in [5.41, 5.74) is 1.15. The molecule has 6 heteroatoms. The second kappa shape index (κ2) is 5.36. The van der Waals surface area contributed by atoms with E-state index in [0.717, 1.165) is 25.1 Å². The second-order valence-corrected chi connectivity index (χ2v) is 4.56. The normalized spacial score (nSPS) is 19.3. The molecule has 1 aromatic heterocycles. The lowest BCUT2D eigenvalue weighted by Gasteiger charge is -2.24. The largest absolute Gasteiger partial charge is 0.380 e. The molecular formula is C13H15FN4O. The van der Waals surface area contributed by atoms with E-state index in [1.165, 1.54) is 23.4 Å². The van der Waals surface area contributed by atoms with Crippen LogP contribution in [0.25, 0.3) is 5.69 Å². The van der Waals surface area contributed by atoms with Gasteiger partial charge in [0.25, 0.3) is 0 Å². The van der Waals surface area contributed by atoms with Crippen LogP contribution in [0.15, 0.2) is 30.9 Å². The van der Waals surface area contributed by atoms with E-state index >= 15 is 0 Å². The minimum absolute atomic E-state index is 0.255. The molecule has 1 saturated heterocycles. The third-order valence-corrected chi connectivity index (χ3v) is 3.14. The zero-order valence-corrected chi connectivity index (χ0v) is 10.4. The topological polar surface area (TPSA) is 52.0 Å². The number of rotatable bonds is 3. The van der Waals surface area contributed by atoms with Gasteiger partial charge < -0.3 is 10.1 Å². The lowest BCUT2D eigenvalue weighted by Crippen LogP contribution is -2.29. The minimum atomic E-state index is -0.327. The van der Waals surface area contributed by atoms with Gasteiger partial charge in [-0.3, -0.25) is 0 Å². The van der Waals surface area contributed by atoms with Gasteiger partial charge in [-0.2, -0.15) is 5.10 Å². The van der Waals surface area contributed by atoms with Crippen molar-refractivity contribution in [2.24, 2.45) is 0 Å². The second-order valence-electron chi connectivity index (χ2n) is 4.56. The van der Waals surface area contributed by atoms with E-state index in [4.69, 9.17) is 4.74 Å². The monoisotopic (exact) mass is 262 g/mol. The molecule has 0 amide bonds. The van der Waals surface area contributed by atoms with Gasteiger partial charge in [-0.1, -0.05) is 0 Å². The van der Waals surface area contributed by atoms with Crippen molar-refractivity contribution in [3.8, 4) is 5.69 Å². The molecule has 1 fully saturated rings. The van der Waals surface area contributed by atoms with Crippen molar-refractivity contribution < 1.29 is 9.13 Å². The van der Waals surface area contributed by atoms with Gasteiger partial charge in [0.1, 0.15) is 18.3 Å². The fourth-order valence-corrected chi connectivity index (χ4v) is 2.21. The van der Waals surface area contributed by atoms with E-state index in [1.54, 1.807) is 6.07 Å². The summed E-state index contributed by atoms with van der Waals surface area (Å²) in [5, 5.41) is 7.20. The molecule has 1 atom stereocenters. The molecule has 2 heterocycles. The van der Waals surface area contributed by atoms with Gasteiger partial charge in [0.15, 0.2) is 5.82 Å². The van der Waals surface area contributed by atoms with Crippen LogP contribution in [0, 0.1) is 5.82 Å². The van der Waals surface area contributed by atoms with Crippen molar-refractivity contribution in [3.63, 3.8) is 0 Å². The predicted molar refractivity (Wildman–Crippen MR) is 68.8 cm³/mol. The molecule has 0 saturated carbocycles. The Morgan fingerprint density at radius 1 is 1.42 bits per heavy atom. The summed E-state index contributed by atoms with van der Waals surface area (Å²) in [7, 11) is 0. The van der Waals surface area contributed by atoms with Crippen LogP contribution >= 0.6 is 0 Å². The predicted octanol–water partition coefficient (Wildman–Crippen LogP) is 2.00. The van der Waals surface area contributed by atoms with Crippen molar-refractivity contribution >= 4 is 5.69 Å². The summed E-state index contributed by atoms with van der Waals surface area (Å²) in [6, 6.07) is 5.27. The minimum Gasteiger partial charge on any atom is -0.380 e. The maximum Gasteiger partial charge on any atom is 0.150 e. The number of anilines is 1. The molecule has 0 spiro atoms. The Bertz CT molecular complexity index is 538. The summed E-state index contributed by atoms with van der Waals surface area (Å²) in [6.07, 6.45) is 4.94. The molecule has 2 aromatic rings.